The average Bonchev–Trinajstić information content (AvgIpc) is 2.87. The zero-order valence-electron chi connectivity index (χ0n) is 9.81. The standard InChI is InChI=1S/C14H19Br/c1-10-4-5-11(2)12(8-10)13(15)9-14(3)6-7-14/h4-5,8,13H,6-7,9H2,1-3H3. The molecule has 1 atom stereocenters. The summed E-state index contributed by atoms with van der Waals surface area (Å²) in [6, 6.07) is 6.74. The minimum Gasteiger partial charge on any atom is -0.0838 e. The predicted molar refractivity (Wildman–Crippen MR) is 69.5 cm³/mol. The van der Waals surface area contributed by atoms with Gasteiger partial charge in [0.15, 0.2) is 0 Å². The second-order valence-corrected chi connectivity index (χ2v) is 6.45. The van der Waals surface area contributed by atoms with Crippen LogP contribution in [0.2, 0.25) is 0 Å². The maximum Gasteiger partial charge on any atom is 0.0403 e. The molecule has 0 aromatic heterocycles. The smallest absolute Gasteiger partial charge is 0.0403 e. The molecule has 0 radical (unpaired) electrons. The largest absolute Gasteiger partial charge is 0.0838 e. The lowest BCUT2D eigenvalue weighted by Crippen LogP contribution is -2.01. The van der Waals surface area contributed by atoms with Crippen LogP contribution < -0.4 is 0 Å². The zero-order chi connectivity index (χ0) is 11.1. The van der Waals surface area contributed by atoms with Gasteiger partial charge in [0.2, 0.25) is 0 Å². The fraction of sp³-hybridized carbons (Fsp3) is 0.571. The van der Waals surface area contributed by atoms with Crippen molar-refractivity contribution in [2.24, 2.45) is 5.41 Å². The predicted octanol–water partition coefficient (Wildman–Crippen LogP) is 4.93. The van der Waals surface area contributed by atoms with E-state index in [-0.39, 0.29) is 0 Å². The highest BCUT2D eigenvalue weighted by Gasteiger charge is 2.39. The number of aryl methyl sites for hydroxylation is 2. The van der Waals surface area contributed by atoms with Gasteiger partial charge in [-0.2, -0.15) is 0 Å². The maximum absolute atomic E-state index is 3.85. The van der Waals surface area contributed by atoms with Gasteiger partial charge < -0.3 is 0 Å². The van der Waals surface area contributed by atoms with Crippen LogP contribution in [0.5, 0.6) is 0 Å². The number of halogens is 1. The van der Waals surface area contributed by atoms with Crippen molar-refractivity contribution in [2.75, 3.05) is 0 Å². The van der Waals surface area contributed by atoms with Crippen molar-refractivity contribution in [3.8, 4) is 0 Å². The van der Waals surface area contributed by atoms with E-state index in [0.717, 1.165) is 0 Å². The molecule has 0 spiro atoms. The van der Waals surface area contributed by atoms with E-state index in [1.165, 1.54) is 36.0 Å². The van der Waals surface area contributed by atoms with Gasteiger partial charge in [0.1, 0.15) is 0 Å². The minimum absolute atomic E-state index is 0.532. The summed E-state index contributed by atoms with van der Waals surface area (Å²) in [7, 11) is 0. The molecule has 0 nitrogen and oxygen atoms in total. The molecule has 2 rings (SSSR count). The van der Waals surface area contributed by atoms with Crippen molar-refractivity contribution in [1.29, 1.82) is 0 Å². The molecule has 1 aromatic carbocycles. The number of alkyl halides is 1. The topological polar surface area (TPSA) is 0 Å². The second-order valence-electron chi connectivity index (χ2n) is 5.34. The van der Waals surface area contributed by atoms with Crippen molar-refractivity contribution < 1.29 is 0 Å². The lowest BCUT2D eigenvalue weighted by Gasteiger charge is -2.17. The Kier molecular flexibility index (Phi) is 2.94. The molecule has 0 aliphatic heterocycles. The van der Waals surface area contributed by atoms with E-state index in [1.807, 2.05) is 0 Å². The summed E-state index contributed by atoms with van der Waals surface area (Å²) >= 11 is 3.85. The summed E-state index contributed by atoms with van der Waals surface area (Å²) in [5, 5.41) is 0. The molecule has 1 aliphatic rings. The van der Waals surface area contributed by atoms with Gasteiger partial charge in [0, 0.05) is 4.83 Å². The number of rotatable bonds is 3. The second kappa shape index (κ2) is 3.93. The van der Waals surface area contributed by atoms with Gasteiger partial charge in [-0.15, -0.1) is 0 Å². The Bertz CT molecular complexity index is 364. The zero-order valence-corrected chi connectivity index (χ0v) is 11.4. The lowest BCUT2D eigenvalue weighted by molar-refractivity contribution is 0.515. The van der Waals surface area contributed by atoms with Gasteiger partial charge in [-0.3, -0.25) is 0 Å². The van der Waals surface area contributed by atoms with Crippen molar-refractivity contribution >= 4 is 15.9 Å². The summed E-state index contributed by atoms with van der Waals surface area (Å²) in [6.07, 6.45) is 4.08. The minimum atomic E-state index is 0.532. The molecule has 1 aliphatic carbocycles. The third-order valence-electron chi connectivity index (χ3n) is 3.55. The van der Waals surface area contributed by atoms with E-state index in [2.05, 4.69) is 54.9 Å². The SMILES string of the molecule is Cc1ccc(C)c(C(Br)CC2(C)CC2)c1. The van der Waals surface area contributed by atoms with Gasteiger partial charge in [-0.1, -0.05) is 46.6 Å². The first-order valence-electron chi connectivity index (χ1n) is 5.71. The van der Waals surface area contributed by atoms with Crippen LogP contribution in [0.3, 0.4) is 0 Å². The maximum atomic E-state index is 3.85. The number of hydrogen-bond donors (Lipinski definition) is 0. The van der Waals surface area contributed by atoms with E-state index in [1.54, 1.807) is 0 Å². The van der Waals surface area contributed by atoms with E-state index in [9.17, 15) is 0 Å². The van der Waals surface area contributed by atoms with Gasteiger partial charge in [0.05, 0.1) is 0 Å². The van der Waals surface area contributed by atoms with E-state index in [4.69, 9.17) is 0 Å². The molecule has 0 saturated heterocycles. The number of benzene rings is 1. The monoisotopic (exact) mass is 266 g/mol. The Morgan fingerprint density at radius 2 is 2.00 bits per heavy atom. The molecule has 1 aromatic rings. The Hall–Kier alpha value is -0.300. The highest BCUT2D eigenvalue weighted by Crippen LogP contribution is 2.53. The molecule has 0 heterocycles. The van der Waals surface area contributed by atoms with Crippen LogP contribution in [0.4, 0.5) is 0 Å². The first-order chi connectivity index (χ1) is 7.00. The fourth-order valence-corrected chi connectivity index (χ4v) is 3.33. The highest BCUT2D eigenvalue weighted by molar-refractivity contribution is 9.09. The third-order valence-corrected chi connectivity index (χ3v) is 4.36. The van der Waals surface area contributed by atoms with Gasteiger partial charge in [0.25, 0.3) is 0 Å². The van der Waals surface area contributed by atoms with Crippen molar-refractivity contribution in [2.45, 2.75) is 44.9 Å². The first kappa shape index (κ1) is 11.2. The summed E-state index contributed by atoms with van der Waals surface area (Å²) < 4.78 is 0. The van der Waals surface area contributed by atoms with Crippen LogP contribution in [0.1, 0.15) is 47.7 Å². The Labute approximate surface area is 101 Å². The normalized spacial score (nSPS) is 20.0. The van der Waals surface area contributed by atoms with Crippen LogP contribution in [0.25, 0.3) is 0 Å². The molecule has 1 fully saturated rings. The molecule has 15 heavy (non-hydrogen) atoms. The summed E-state index contributed by atoms with van der Waals surface area (Å²) in [5.41, 5.74) is 4.86. The highest BCUT2D eigenvalue weighted by atomic mass is 79.9. The van der Waals surface area contributed by atoms with E-state index in [0.29, 0.717) is 10.2 Å². The number of hydrogen-bond acceptors (Lipinski definition) is 0. The molecule has 1 unspecified atom stereocenters. The Morgan fingerprint density at radius 1 is 1.33 bits per heavy atom. The first-order valence-corrected chi connectivity index (χ1v) is 6.63. The van der Waals surface area contributed by atoms with Crippen LogP contribution in [-0.4, -0.2) is 0 Å². The van der Waals surface area contributed by atoms with Crippen LogP contribution in [0.15, 0.2) is 18.2 Å². The van der Waals surface area contributed by atoms with E-state index < -0.39 is 0 Å². The summed E-state index contributed by atoms with van der Waals surface area (Å²) in [4.78, 5) is 0.532. The van der Waals surface area contributed by atoms with Crippen LogP contribution in [-0.2, 0) is 0 Å². The van der Waals surface area contributed by atoms with Crippen LogP contribution in [0, 0.1) is 19.3 Å². The average molecular weight is 267 g/mol. The Balaban J connectivity index is 2.16. The van der Waals surface area contributed by atoms with Crippen molar-refractivity contribution in [3.63, 3.8) is 0 Å². The Morgan fingerprint density at radius 3 is 2.60 bits per heavy atom. The van der Waals surface area contributed by atoms with E-state index >= 15 is 0 Å². The van der Waals surface area contributed by atoms with Crippen LogP contribution >= 0.6 is 15.9 Å². The molecule has 1 heteroatoms. The van der Waals surface area contributed by atoms with Crippen molar-refractivity contribution in [3.05, 3.63) is 34.9 Å². The summed E-state index contributed by atoms with van der Waals surface area (Å²) in [5.74, 6) is 0. The van der Waals surface area contributed by atoms with Crippen molar-refractivity contribution in [1.82, 2.24) is 0 Å². The molecule has 0 N–H and O–H groups in total. The fourth-order valence-electron chi connectivity index (χ4n) is 2.06. The molecular formula is C14H19Br. The molecule has 1 saturated carbocycles. The molecule has 0 amide bonds. The molecule has 0 bridgehead atoms. The third kappa shape index (κ3) is 2.63. The molecule has 82 valence electrons. The van der Waals surface area contributed by atoms with Gasteiger partial charge >= 0.3 is 0 Å². The van der Waals surface area contributed by atoms with Gasteiger partial charge in [-0.25, -0.2) is 0 Å². The molecular weight excluding hydrogens is 248 g/mol. The van der Waals surface area contributed by atoms with Gasteiger partial charge in [-0.05, 0) is 49.7 Å². The summed E-state index contributed by atoms with van der Waals surface area (Å²) in [6.45, 7) is 6.77. The lowest BCUT2D eigenvalue weighted by atomic mass is 9.95. The quantitative estimate of drug-likeness (QED) is 0.681.